The van der Waals surface area contributed by atoms with Crippen LogP contribution in [0.4, 0.5) is 0 Å². The number of carboxylic acid groups (broad SMARTS) is 1. The van der Waals surface area contributed by atoms with E-state index in [1.807, 2.05) is 13.0 Å². The SMILES string of the molecule is CC[C@H](C)[C@H](NC(=O)[C@@H](Cc1ccccc1)n1c(=O)[nH]c2ccccc2c1=O)C(=O)N[C@@H](C(=O)O)C(C)C. The van der Waals surface area contributed by atoms with Gasteiger partial charge in [-0.25, -0.2) is 14.2 Å². The number of hydrogen-bond acceptors (Lipinski definition) is 5. The molecule has 4 N–H and O–H groups in total. The van der Waals surface area contributed by atoms with E-state index in [0.717, 1.165) is 4.57 Å². The molecule has 0 unspecified atom stereocenters. The van der Waals surface area contributed by atoms with Crippen LogP contribution in [0.15, 0.2) is 64.2 Å². The monoisotopic (exact) mass is 522 g/mol. The largest absolute Gasteiger partial charge is 0.480 e. The van der Waals surface area contributed by atoms with Crippen molar-refractivity contribution in [2.24, 2.45) is 11.8 Å². The number of amides is 2. The van der Waals surface area contributed by atoms with Gasteiger partial charge in [-0.1, -0.05) is 76.6 Å². The standard InChI is InChI=1S/C28H34N4O6/c1-5-17(4)23(25(34)30-22(16(2)3)27(36)37)31-24(33)21(15-18-11-7-6-8-12-18)32-26(35)19-13-9-10-14-20(19)29-28(32)38/h6-14,16-17,21-23H,5,15H2,1-4H3,(H,29,38)(H,30,34)(H,31,33)(H,36,37)/t17-,21+,22+,23-/m0/s1. The van der Waals surface area contributed by atoms with E-state index in [4.69, 9.17) is 0 Å². The van der Waals surface area contributed by atoms with Crippen molar-refractivity contribution in [3.63, 3.8) is 0 Å². The fourth-order valence-corrected chi connectivity index (χ4v) is 4.31. The van der Waals surface area contributed by atoms with Crippen LogP contribution in [0.1, 0.15) is 45.7 Å². The van der Waals surface area contributed by atoms with E-state index < -0.39 is 47.2 Å². The van der Waals surface area contributed by atoms with E-state index in [9.17, 15) is 29.1 Å². The Morgan fingerprint density at radius 2 is 1.50 bits per heavy atom. The summed E-state index contributed by atoms with van der Waals surface area (Å²) in [6.07, 6.45) is 0.532. The Balaban J connectivity index is 2.04. The summed E-state index contributed by atoms with van der Waals surface area (Å²) in [5.41, 5.74) is -0.318. The van der Waals surface area contributed by atoms with E-state index in [-0.39, 0.29) is 23.6 Å². The highest BCUT2D eigenvalue weighted by Gasteiger charge is 2.34. The Morgan fingerprint density at radius 1 is 0.895 bits per heavy atom. The number of H-pyrrole nitrogens is 1. The van der Waals surface area contributed by atoms with Crippen LogP contribution < -0.4 is 21.9 Å². The molecule has 1 heterocycles. The zero-order valence-corrected chi connectivity index (χ0v) is 21.9. The average Bonchev–Trinajstić information content (AvgIpc) is 2.89. The minimum atomic E-state index is -1.27. The first-order chi connectivity index (χ1) is 18.0. The molecule has 0 fully saturated rings. The number of hydrogen-bond donors (Lipinski definition) is 4. The maximum absolute atomic E-state index is 13.8. The van der Waals surface area contributed by atoms with Gasteiger partial charge in [-0.05, 0) is 29.5 Å². The average molecular weight is 523 g/mol. The van der Waals surface area contributed by atoms with Gasteiger partial charge in [0, 0.05) is 6.42 Å². The predicted octanol–water partition coefficient (Wildman–Crippen LogP) is 2.23. The minimum absolute atomic E-state index is 0.0204. The normalized spacial score (nSPS) is 14.4. The van der Waals surface area contributed by atoms with Crippen molar-refractivity contribution in [1.29, 1.82) is 0 Å². The number of nitrogens with one attached hydrogen (secondary N) is 3. The maximum atomic E-state index is 13.8. The molecule has 4 atom stereocenters. The fourth-order valence-electron chi connectivity index (χ4n) is 4.31. The van der Waals surface area contributed by atoms with Crippen LogP contribution in [0.5, 0.6) is 0 Å². The summed E-state index contributed by atoms with van der Waals surface area (Å²) >= 11 is 0. The summed E-state index contributed by atoms with van der Waals surface area (Å²) in [6.45, 7) is 6.94. The van der Waals surface area contributed by atoms with Gasteiger partial charge in [-0.2, -0.15) is 0 Å². The molecule has 0 aliphatic carbocycles. The number of aromatic amines is 1. The van der Waals surface area contributed by atoms with E-state index in [1.54, 1.807) is 69.3 Å². The molecule has 3 aromatic rings. The summed E-state index contributed by atoms with van der Waals surface area (Å²) in [4.78, 5) is 67.8. The second-order valence-electron chi connectivity index (χ2n) is 9.80. The molecule has 10 heteroatoms. The van der Waals surface area contributed by atoms with Crippen molar-refractivity contribution in [3.05, 3.63) is 81.0 Å². The third-order valence-electron chi connectivity index (χ3n) is 6.75. The zero-order chi connectivity index (χ0) is 28.0. The number of fused-ring (bicyclic) bond motifs is 1. The van der Waals surface area contributed by atoms with E-state index in [0.29, 0.717) is 17.5 Å². The van der Waals surface area contributed by atoms with Gasteiger partial charge in [0.15, 0.2) is 0 Å². The quantitative estimate of drug-likeness (QED) is 0.303. The van der Waals surface area contributed by atoms with Gasteiger partial charge in [-0.15, -0.1) is 0 Å². The molecule has 2 amide bonds. The van der Waals surface area contributed by atoms with Crippen molar-refractivity contribution in [2.45, 2.75) is 58.7 Å². The Bertz CT molecular complexity index is 1410. The number of carbonyl (C=O) groups excluding carboxylic acids is 2. The summed E-state index contributed by atoms with van der Waals surface area (Å²) < 4.78 is 0.879. The molecule has 1 aromatic heterocycles. The molecule has 38 heavy (non-hydrogen) atoms. The maximum Gasteiger partial charge on any atom is 0.329 e. The smallest absolute Gasteiger partial charge is 0.329 e. The third kappa shape index (κ3) is 6.37. The molecule has 0 radical (unpaired) electrons. The lowest BCUT2D eigenvalue weighted by Gasteiger charge is -2.28. The lowest BCUT2D eigenvalue weighted by molar-refractivity contribution is -0.143. The van der Waals surface area contributed by atoms with Crippen LogP contribution in [-0.4, -0.2) is 44.5 Å². The number of aromatic nitrogens is 2. The lowest BCUT2D eigenvalue weighted by atomic mass is 9.96. The molecule has 0 aliphatic heterocycles. The molecule has 202 valence electrons. The minimum Gasteiger partial charge on any atom is -0.480 e. The van der Waals surface area contributed by atoms with Gasteiger partial charge in [0.1, 0.15) is 18.1 Å². The van der Waals surface area contributed by atoms with Crippen LogP contribution in [-0.2, 0) is 20.8 Å². The molecular formula is C28H34N4O6. The number of benzene rings is 2. The highest BCUT2D eigenvalue weighted by atomic mass is 16.4. The number of nitrogens with zero attached hydrogens (tertiary/aromatic N) is 1. The van der Waals surface area contributed by atoms with Crippen LogP contribution >= 0.6 is 0 Å². The number of aliphatic carboxylic acids is 1. The van der Waals surface area contributed by atoms with E-state index in [1.165, 1.54) is 0 Å². The van der Waals surface area contributed by atoms with Gasteiger partial charge in [0.2, 0.25) is 11.8 Å². The van der Waals surface area contributed by atoms with E-state index >= 15 is 0 Å². The fraction of sp³-hybridized carbons (Fsp3) is 0.393. The Kier molecular flexibility index (Phi) is 9.22. The van der Waals surface area contributed by atoms with Crippen LogP contribution in [0.2, 0.25) is 0 Å². The topological polar surface area (TPSA) is 150 Å². The molecular weight excluding hydrogens is 488 g/mol. The number of para-hydroxylation sites is 1. The van der Waals surface area contributed by atoms with Crippen LogP contribution in [0, 0.1) is 11.8 Å². The molecule has 3 rings (SSSR count). The summed E-state index contributed by atoms with van der Waals surface area (Å²) in [5, 5.41) is 15.0. The van der Waals surface area contributed by atoms with Crippen LogP contribution in [0.25, 0.3) is 10.9 Å². The second kappa shape index (κ2) is 12.4. The van der Waals surface area contributed by atoms with Crippen molar-refractivity contribution < 1.29 is 19.5 Å². The lowest BCUT2D eigenvalue weighted by Crippen LogP contribution is -2.57. The number of carboxylic acids is 1. The van der Waals surface area contributed by atoms with Gasteiger partial charge in [0.05, 0.1) is 10.9 Å². The second-order valence-corrected chi connectivity index (χ2v) is 9.80. The number of carbonyl (C=O) groups is 3. The molecule has 10 nitrogen and oxygen atoms in total. The van der Waals surface area contributed by atoms with Gasteiger partial charge >= 0.3 is 11.7 Å². The van der Waals surface area contributed by atoms with Gasteiger partial charge < -0.3 is 20.7 Å². The first kappa shape index (κ1) is 28.4. The summed E-state index contributed by atoms with van der Waals surface area (Å²) in [7, 11) is 0. The highest BCUT2D eigenvalue weighted by Crippen LogP contribution is 2.16. The highest BCUT2D eigenvalue weighted by molar-refractivity contribution is 5.92. The first-order valence-electron chi connectivity index (χ1n) is 12.7. The van der Waals surface area contributed by atoms with E-state index in [2.05, 4.69) is 15.6 Å². The Hall–Kier alpha value is -4.21. The molecule has 2 aromatic carbocycles. The van der Waals surface area contributed by atoms with Crippen molar-refractivity contribution >= 4 is 28.7 Å². The molecule has 0 aliphatic rings. The van der Waals surface area contributed by atoms with Crippen molar-refractivity contribution in [1.82, 2.24) is 20.2 Å². The molecule has 0 spiro atoms. The molecule has 0 bridgehead atoms. The van der Waals surface area contributed by atoms with Crippen molar-refractivity contribution in [2.75, 3.05) is 0 Å². The predicted molar refractivity (Wildman–Crippen MR) is 144 cm³/mol. The van der Waals surface area contributed by atoms with Gasteiger partial charge in [0.25, 0.3) is 5.56 Å². The van der Waals surface area contributed by atoms with Crippen molar-refractivity contribution in [3.8, 4) is 0 Å². The summed E-state index contributed by atoms with van der Waals surface area (Å²) in [6, 6.07) is 12.0. The third-order valence-corrected chi connectivity index (χ3v) is 6.75. The van der Waals surface area contributed by atoms with Gasteiger partial charge in [-0.3, -0.25) is 14.4 Å². The molecule has 0 saturated heterocycles. The Morgan fingerprint density at radius 3 is 2.11 bits per heavy atom. The zero-order valence-electron chi connectivity index (χ0n) is 21.9. The Labute approximate surface area is 220 Å². The molecule has 0 saturated carbocycles. The van der Waals surface area contributed by atoms with Crippen LogP contribution in [0.3, 0.4) is 0 Å². The summed E-state index contributed by atoms with van der Waals surface area (Å²) in [5.74, 6) is -3.27. The number of rotatable bonds is 11. The first-order valence-corrected chi connectivity index (χ1v) is 12.7.